The number of hydrogen-bond acceptors (Lipinski definition) is 6. The molecule has 0 fully saturated rings. The Labute approximate surface area is 154 Å². The number of ether oxygens (including phenoxy) is 3. The van der Waals surface area contributed by atoms with Gasteiger partial charge in [-0.25, -0.2) is 0 Å². The second kappa shape index (κ2) is 11.4. The van der Waals surface area contributed by atoms with Crippen molar-refractivity contribution in [2.75, 3.05) is 33.3 Å². The molecule has 148 valence electrons. The predicted molar refractivity (Wildman–Crippen MR) is 96.8 cm³/mol. The van der Waals surface area contributed by atoms with E-state index in [1.807, 2.05) is 13.8 Å². The summed E-state index contributed by atoms with van der Waals surface area (Å²) in [6.45, 7) is 14.4. The van der Waals surface area contributed by atoms with Crippen molar-refractivity contribution in [3.8, 4) is 0 Å². The van der Waals surface area contributed by atoms with Crippen molar-refractivity contribution in [1.29, 1.82) is 0 Å². The molecular weight excluding hydrogens is 340 g/mol. The van der Waals surface area contributed by atoms with E-state index in [1.54, 1.807) is 13.8 Å². The number of nitrogens with one attached hydrogen (secondary N) is 2. The number of hydrogen-bond donors (Lipinski definition) is 2. The van der Waals surface area contributed by atoms with Gasteiger partial charge < -0.3 is 24.8 Å². The van der Waals surface area contributed by atoms with Crippen molar-refractivity contribution in [2.24, 2.45) is 10.8 Å². The van der Waals surface area contributed by atoms with E-state index < -0.39 is 16.8 Å². The normalized spacial score (nSPS) is 11.4. The van der Waals surface area contributed by atoms with Gasteiger partial charge in [0.1, 0.15) is 13.5 Å². The van der Waals surface area contributed by atoms with Crippen LogP contribution in [0.2, 0.25) is 0 Å². The van der Waals surface area contributed by atoms with Gasteiger partial charge in [0.05, 0.1) is 25.2 Å². The molecule has 0 aliphatic rings. The summed E-state index contributed by atoms with van der Waals surface area (Å²) in [6.07, 6.45) is 2.29. The summed E-state index contributed by atoms with van der Waals surface area (Å²) in [5.41, 5.74) is -1.29. The van der Waals surface area contributed by atoms with E-state index in [9.17, 15) is 14.4 Å². The lowest BCUT2D eigenvalue weighted by Crippen LogP contribution is -2.37. The first-order chi connectivity index (χ1) is 12.0. The van der Waals surface area contributed by atoms with Crippen molar-refractivity contribution < 1.29 is 28.6 Å². The number of carbonyl (C=O) groups is 3. The molecule has 0 rings (SSSR count). The van der Waals surface area contributed by atoms with Gasteiger partial charge in [-0.1, -0.05) is 27.0 Å². The average Bonchev–Trinajstić information content (AvgIpc) is 2.59. The topological polar surface area (TPSA) is 103 Å². The van der Waals surface area contributed by atoms with E-state index in [-0.39, 0.29) is 38.5 Å². The van der Waals surface area contributed by atoms with E-state index >= 15 is 0 Å². The molecule has 0 aromatic heterocycles. The summed E-state index contributed by atoms with van der Waals surface area (Å²) >= 11 is 0. The van der Waals surface area contributed by atoms with Crippen LogP contribution in [0.5, 0.6) is 0 Å². The lowest BCUT2D eigenvalue weighted by atomic mass is 9.94. The largest absolute Gasteiger partial charge is 0.465 e. The zero-order valence-electron chi connectivity index (χ0n) is 16.1. The second-order valence-electron chi connectivity index (χ2n) is 7.10. The Morgan fingerprint density at radius 2 is 1.31 bits per heavy atom. The molecule has 0 aliphatic heterocycles. The van der Waals surface area contributed by atoms with Crippen LogP contribution in [0.15, 0.2) is 25.3 Å². The van der Waals surface area contributed by atoms with Gasteiger partial charge in [0, 0.05) is 5.41 Å². The van der Waals surface area contributed by atoms with Gasteiger partial charge >= 0.3 is 5.97 Å². The molecule has 8 heteroatoms. The Bertz CT molecular complexity index is 514. The minimum absolute atomic E-state index is 0.0165. The van der Waals surface area contributed by atoms with Gasteiger partial charge in [-0.3, -0.25) is 14.4 Å². The predicted octanol–water partition coefficient (Wildman–Crippen LogP) is 1.13. The Balaban J connectivity index is 4.17. The lowest BCUT2D eigenvalue weighted by molar-refractivity contribution is -0.161. The highest BCUT2D eigenvalue weighted by Crippen LogP contribution is 2.21. The van der Waals surface area contributed by atoms with Gasteiger partial charge in [-0.15, -0.1) is 0 Å². The molecule has 0 spiro atoms. The summed E-state index contributed by atoms with van der Waals surface area (Å²) in [4.78, 5) is 34.3. The standard InChI is InChI=1S/C18H30N2O6/c1-7-14(21)19-12-24-9-17(3,4)10-26-16(23)18(5,6)11-25-13-20-15(22)8-2/h7-8H,1-2,9-13H2,3-6H3,(H,19,21)(H,20,22). The molecule has 0 aliphatic carbocycles. The van der Waals surface area contributed by atoms with Crippen LogP contribution in [-0.4, -0.2) is 51.1 Å². The van der Waals surface area contributed by atoms with Gasteiger partial charge in [0.2, 0.25) is 11.8 Å². The summed E-state index contributed by atoms with van der Waals surface area (Å²) in [7, 11) is 0. The number of rotatable bonds is 13. The fourth-order valence-electron chi connectivity index (χ4n) is 1.58. The molecule has 0 bridgehead atoms. The SMILES string of the molecule is C=CC(=O)NCOCC(C)(C)COC(=O)C(C)(C)COCNC(=O)C=C. The summed E-state index contributed by atoms with van der Waals surface area (Å²) < 4.78 is 16.0. The molecule has 26 heavy (non-hydrogen) atoms. The van der Waals surface area contributed by atoms with Crippen LogP contribution in [0.4, 0.5) is 0 Å². The molecule has 2 N–H and O–H groups in total. The van der Waals surface area contributed by atoms with Crippen LogP contribution in [0, 0.1) is 10.8 Å². The molecule has 0 radical (unpaired) electrons. The van der Waals surface area contributed by atoms with Crippen molar-refractivity contribution in [3.05, 3.63) is 25.3 Å². The van der Waals surface area contributed by atoms with Gasteiger partial charge in [0.15, 0.2) is 0 Å². The Kier molecular flexibility index (Phi) is 10.5. The summed E-state index contributed by atoms with van der Waals surface area (Å²) in [5, 5.41) is 4.95. The maximum absolute atomic E-state index is 12.2. The molecule has 2 amide bonds. The van der Waals surface area contributed by atoms with Crippen molar-refractivity contribution in [3.63, 3.8) is 0 Å². The minimum Gasteiger partial charge on any atom is -0.465 e. The number of carbonyl (C=O) groups excluding carboxylic acids is 3. The van der Waals surface area contributed by atoms with Crippen LogP contribution in [0.25, 0.3) is 0 Å². The quantitative estimate of drug-likeness (QED) is 0.218. The lowest BCUT2D eigenvalue weighted by Gasteiger charge is -2.28. The highest BCUT2D eigenvalue weighted by atomic mass is 16.5. The van der Waals surface area contributed by atoms with Gasteiger partial charge in [-0.05, 0) is 26.0 Å². The van der Waals surface area contributed by atoms with E-state index in [1.165, 1.54) is 0 Å². The van der Waals surface area contributed by atoms with E-state index in [0.717, 1.165) is 12.2 Å². The third-order valence-corrected chi connectivity index (χ3v) is 3.17. The minimum atomic E-state index is -0.867. The van der Waals surface area contributed by atoms with E-state index in [0.29, 0.717) is 6.61 Å². The first kappa shape index (κ1) is 23.8. The summed E-state index contributed by atoms with van der Waals surface area (Å²) in [6, 6.07) is 0. The number of amides is 2. The fraction of sp³-hybridized carbons (Fsp3) is 0.611. The molecule has 0 saturated carbocycles. The fourth-order valence-corrected chi connectivity index (χ4v) is 1.58. The smallest absolute Gasteiger partial charge is 0.313 e. The molecule has 0 atom stereocenters. The highest BCUT2D eigenvalue weighted by Gasteiger charge is 2.32. The van der Waals surface area contributed by atoms with Crippen molar-refractivity contribution in [1.82, 2.24) is 10.6 Å². The van der Waals surface area contributed by atoms with Gasteiger partial charge in [0.25, 0.3) is 0 Å². The Morgan fingerprint density at radius 3 is 1.77 bits per heavy atom. The molecule has 0 heterocycles. The monoisotopic (exact) mass is 370 g/mol. The van der Waals surface area contributed by atoms with Crippen LogP contribution < -0.4 is 10.6 Å². The first-order valence-corrected chi connectivity index (χ1v) is 8.17. The van der Waals surface area contributed by atoms with E-state index in [4.69, 9.17) is 14.2 Å². The van der Waals surface area contributed by atoms with E-state index in [2.05, 4.69) is 23.8 Å². The zero-order valence-corrected chi connectivity index (χ0v) is 16.1. The molecular formula is C18H30N2O6. The van der Waals surface area contributed by atoms with Crippen molar-refractivity contribution >= 4 is 17.8 Å². The molecule has 0 aromatic rings. The third kappa shape index (κ3) is 10.6. The number of esters is 1. The molecule has 8 nitrogen and oxygen atoms in total. The maximum Gasteiger partial charge on any atom is 0.313 e. The molecule has 0 saturated heterocycles. The van der Waals surface area contributed by atoms with Gasteiger partial charge in [-0.2, -0.15) is 0 Å². The van der Waals surface area contributed by atoms with Crippen LogP contribution in [0.1, 0.15) is 27.7 Å². The zero-order chi connectivity index (χ0) is 20.2. The maximum atomic E-state index is 12.2. The van der Waals surface area contributed by atoms with Crippen molar-refractivity contribution in [2.45, 2.75) is 27.7 Å². The average molecular weight is 370 g/mol. The first-order valence-electron chi connectivity index (χ1n) is 8.17. The van der Waals surface area contributed by atoms with Crippen LogP contribution in [-0.2, 0) is 28.6 Å². The van der Waals surface area contributed by atoms with Crippen LogP contribution in [0.3, 0.4) is 0 Å². The summed E-state index contributed by atoms with van der Waals surface area (Å²) in [5.74, 6) is -1.09. The molecule has 0 unspecified atom stereocenters. The second-order valence-corrected chi connectivity index (χ2v) is 7.10. The van der Waals surface area contributed by atoms with Crippen LogP contribution >= 0.6 is 0 Å². The Morgan fingerprint density at radius 1 is 0.846 bits per heavy atom. The highest BCUT2D eigenvalue weighted by molar-refractivity contribution is 5.87. The Hall–Kier alpha value is -2.19. The molecule has 0 aromatic carbocycles. The third-order valence-electron chi connectivity index (χ3n) is 3.17.